The first kappa shape index (κ1) is 16.4. The SMILES string of the molecule is COc1ccc2c(c1)C(=Cc1cc3c([nH]1)CCCC3CC(=O)O)C(=O)N2. The van der Waals surface area contributed by atoms with Gasteiger partial charge in [0.25, 0.3) is 5.91 Å². The molecule has 0 radical (unpaired) electrons. The number of fused-ring (bicyclic) bond motifs is 2. The zero-order chi connectivity index (χ0) is 18.3. The molecule has 1 aliphatic carbocycles. The first-order valence-corrected chi connectivity index (χ1v) is 8.70. The predicted molar refractivity (Wildman–Crippen MR) is 98.2 cm³/mol. The first-order valence-electron chi connectivity index (χ1n) is 8.70. The van der Waals surface area contributed by atoms with Crippen LogP contribution in [0.15, 0.2) is 24.3 Å². The fraction of sp³-hybridized carbons (Fsp3) is 0.300. The van der Waals surface area contributed by atoms with E-state index in [4.69, 9.17) is 9.84 Å². The van der Waals surface area contributed by atoms with Crippen molar-refractivity contribution in [3.63, 3.8) is 0 Å². The highest BCUT2D eigenvalue weighted by molar-refractivity contribution is 6.34. The molecular formula is C20H20N2O4. The van der Waals surface area contributed by atoms with Gasteiger partial charge in [-0.15, -0.1) is 0 Å². The Morgan fingerprint density at radius 2 is 2.23 bits per heavy atom. The van der Waals surface area contributed by atoms with Crippen LogP contribution in [0.25, 0.3) is 11.6 Å². The average Bonchev–Trinajstić information content (AvgIpc) is 3.16. The zero-order valence-electron chi connectivity index (χ0n) is 14.5. The molecule has 1 amide bonds. The minimum absolute atomic E-state index is 0.0319. The molecule has 1 atom stereocenters. The molecule has 6 heteroatoms. The Morgan fingerprint density at radius 1 is 1.38 bits per heavy atom. The Kier molecular flexibility index (Phi) is 4.03. The van der Waals surface area contributed by atoms with Crippen molar-refractivity contribution in [2.45, 2.75) is 31.6 Å². The summed E-state index contributed by atoms with van der Waals surface area (Å²) in [4.78, 5) is 26.9. The summed E-state index contributed by atoms with van der Waals surface area (Å²) in [5, 5.41) is 12.0. The lowest BCUT2D eigenvalue weighted by Gasteiger charge is -2.20. The van der Waals surface area contributed by atoms with Crippen LogP contribution in [0.2, 0.25) is 0 Å². The van der Waals surface area contributed by atoms with Crippen LogP contribution in [0.4, 0.5) is 5.69 Å². The van der Waals surface area contributed by atoms with Crippen molar-refractivity contribution in [1.29, 1.82) is 0 Å². The van der Waals surface area contributed by atoms with E-state index >= 15 is 0 Å². The van der Waals surface area contributed by atoms with Crippen LogP contribution < -0.4 is 10.1 Å². The monoisotopic (exact) mass is 352 g/mol. The van der Waals surface area contributed by atoms with E-state index in [1.165, 1.54) is 0 Å². The first-order chi connectivity index (χ1) is 12.5. The number of carbonyl (C=O) groups is 2. The number of aromatic amines is 1. The maximum Gasteiger partial charge on any atom is 0.303 e. The van der Waals surface area contributed by atoms with E-state index in [0.29, 0.717) is 11.3 Å². The predicted octanol–water partition coefficient (Wildman–Crippen LogP) is 3.41. The van der Waals surface area contributed by atoms with Crippen molar-refractivity contribution < 1.29 is 19.4 Å². The molecular weight excluding hydrogens is 332 g/mol. The smallest absolute Gasteiger partial charge is 0.303 e. The third-order valence-electron chi connectivity index (χ3n) is 5.10. The number of hydrogen-bond donors (Lipinski definition) is 3. The van der Waals surface area contributed by atoms with Crippen LogP contribution in [0.3, 0.4) is 0 Å². The van der Waals surface area contributed by atoms with E-state index in [0.717, 1.165) is 47.5 Å². The molecule has 0 spiro atoms. The van der Waals surface area contributed by atoms with E-state index in [1.54, 1.807) is 7.11 Å². The molecule has 134 valence electrons. The van der Waals surface area contributed by atoms with E-state index < -0.39 is 5.97 Å². The van der Waals surface area contributed by atoms with Gasteiger partial charge < -0.3 is 20.1 Å². The Morgan fingerprint density at radius 3 is 3.00 bits per heavy atom. The maximum atomic E-state index is 12.4. The van der Waals surface area contributed by atoms with Crippen molar-refractivity contribution in [2.24, 2.45) is 0 Å². The van der Waals surface area contributed by atoms with Crippen molar-refractivity contribution in [3.05, 3.63) is 46.8 Å². The molecule has 1 aromatic carbocycles. The summed E-state index contributed by atoms with van der Waals surface area (Å²) in [5.74, 6) is -0.203. The van der Waals surface area contributed by atoms with Gasteiger partial charge in [-0.05, 0) is 61.1 Å². The van der Waals surface area contributed by atoms with Gasteiger partial charge in [0.1, 0.15) is 5.75 Å². The molecule has 0 bridgehead atoms. The summed E-state index contributed by atoms with van der Waals surface area (Å²) in [5.41, 5.74) is 5.12. The van der Waals surface area contributed by atoms with Crippen molar-refractivity contribution >= 4 is 29.2 Å². The van der Waals surface area contributed by atoms with Gasteiger partial charge in [-0.3, -0.25) is 9.59 Å². The maximum absolute atomic E-state index is 12.4. The molecule has 1 unspecified atom stereocenters. The Balaban J connectivity index is 1.71. The molecule has 0 fully saturated rings. The van der Waals surface area contributed by atoms with Crippen LogP contribution in [-0.2, 0) is 16.0 Å². The second-order valence-electron chi connectivity index (χ2n) is 6.77. The number of methoxy groups -OCH3 is 1. The third-order valence-corrected chi connectivity index (χ3v) is 5.10. The number of carbonyl (C=O) groups excluding carboxylic acids is 1. The average molecular weight is 352 g/mol. The normalized spacial score (nSPS) is 19.8. The Bertz CT molecular complexity index is 926. The molecule has 1 aliphatic heterocycles. The molecule has 0 saturated carbocycles. The molecule has 0 saturated heterocycles. The fourth-order valence-corrected chi connectivity index (χ4v) is 3.88. The molecule has 6 nitrogen and oxygen atoms in total. The minimum atomic E-state index is -0.778. The van der Waals surface area contributed by atoms with Crippen molar-refractivity contribution in [2.75, 3.05) is 12.4 Å². The van der Waals surface area contributed by atoms with Gasteiger partial charge in [0.2, 0.25) is 0 Å². The van der Waals surface area contributed by atoms with Crippen LogP contribution in [-0.4, -0.2) is 29.1 Å². The number of hydrogen-bond acceptors (Lipinski definition) is 3. The number of aromatic nitrogens is 1. The van der Waals surface area contributed by atoms with Crippen LogP contribution in [0, 0.1) is 0 Å². The number of H-pyrrole nitrogens is 1. The van der Waals surface area contributed by atoms with Gasteiger partial charge in [0, 0.05) is 22.6 Å². The van der Waals surface area contributed by atoms with Crippen molar-refractivity contribution in [1.82, 2.24) is 4.98 Å². The second kappa shape index (κ2) is 6.37. The highest BCUT2D eigenvalue weighted by Crippen LogP contribution is 2.38. The lowest BCUT2D eigenvalue weighted by Crippen LogP contribution is -2.12. The number of ether oxygens (including phenoxy) is 1. The summed E-state index contributed by atoms with van der Waals surface area (Å²) in [6.45, 7) is 0. The number of anilines is 1. The van der Waals surface area contributed by atoms with Gasteiger partial charge in [-0.25, -0.2) is 0 Å². The molecule has 2 heterocycles. The molecule has 4 rings (SSSR count). The number of nitrogens with one attached hydrogen (secondary N) is 2. The number of aliphatic carboxylic acids is 1. The van der Waals surface area contributed by atoms with E-state index in [2.05, 4.69) is 10.3 Å². The highest BCUT2D eigenvalue weighted by atomic mass is 16.5. The number of aryl methyl sites for hydroxylation is 1. The standard InChI is InChI=1S/C20H20N2O4/c1-26-13-5-6-18-15(10-13)16(20(25)22-18)9-12-8-14-11(7-19(23)24)3-2-4-17(14)21-12/h5-6,8-11,21H,2-4,7H2,1H3,(H,22,25)(H,23,24). The summed E-state index contributed by atoms with van der Waals surface area (Å²) < 4.78 is 5.26. The molecule has 3 N–H and O–H groups in total. The quantitative estimate of drug-likeness (QED) is 0.735. The molecule has 1 aromatic heterocycles. The number of amides is 1. The zero-order valence-corrected chi connectivity index (χ0v) is 14.5. The largest absolute Gasteiger partial charge is 0.497 e. The van der Waals surface area contributed by atoms with Gasteiger partial charge in [0.05, 0.1) is 19.1 Å². The van der Waals surface area contributed by atoms with Gasteiger partial charge in [0.15, 0.2) is 0 Å². The van der Waals surface area contributed by atoms with E-state index in [1.807, 2.05) is 30.3 Å². The Hall–Kier alpha value is -3.02. The minimum Gasteiger partial charge on any atom is -0.497 e. The second-order valence-corrected chi connectivity index (χ2v) is 6.77. The van der Waals surface area contributed by atoms with Crippen LogP contribution in [0.5, 0.6) is 5.75 Å². The third kappa shape index (κ3) is 2.87. The number of carboxylic acids is 1. The summed E-state index contributed by atoms with van der Waals surface area (Å²) in [7, 11) is 1.59. The number of rotatable bonds is 4. The summed E-state index contributed by atoms with van der Waals surface area (Å²) >= 11 is 0. The molecule has 26 heavy (non-hydrogen) atoms. The summed E-state index contributed by atoms with van der Waals surface area (Å²) in [6, 6.07) is 7.47. The fourth-order valence-electron chi connectivity index (χ4n) is 3.88. The van der Waals surface area contributed by atoms with Gasteiger partial charge >= 0.3 is 5.97 Å². The van der Waals surface area contributed by atoms with Gasteiger partial charge in [-0.2, -0.15) is 0 Å². The molecule has 2 aromatic rings. The van der Waals surface area contributed by atoms with Crippen LogP contribution >= 0.6 is 0 Å². The van der Waals surface area contributed by atoms with E-state index in [9.17, 15) is 9.59 Å². The topological polar surface area (TPSA) is 91.4 Å². The lowest BCUT2D eigenvalue weighted by atomic mass is 9.85. The van der Waals surface area contributed by atoms with Gasteiger partial charge in [-0.1, -0.05) is 0 Å². The highest BCUT2D eigenvalue weighted by Gasteiger charge is 2.27. The lowest BCUT2D eigenvalue weighted by molar-refractivity contribution is -0.137. The Labute approximate surface area is 150 Å². The van der Waals surface area contributed by atoms with Crippen molar-refractivity contribution in [3.8, 4) is 5.75 Å². The molecule has 2 aliphatic rings. The number of benzene rings is 1. The van der Waals surface area contributed by atoms with Crippen LogP contribution in [0.1, 0.15) is 47.7 Å². The van der Waals surface area contributed by atoms with E-state index in [-0.39, 0.29) is 18.2 Å². The number of carboxylic acid groups (broad SMARTS) is 1. The summed E-state index contributed by atoms with van der Waals surface area (Å²) in [6.07, 6.45) is 4.74.